The predicted molar refractivity (Wildman–Crippen MR) is 140 cm³/mol. The third-order valence-corrected chi connectivity index (χ3v) is 7.17. The molecule has 184 valence electrons. The quantitative estimate of drug-likeness (QED) is 0.448. The molecule has 37 heavy (non-hydrogen) atoms. The minimum Gasteiger partial charge on any atom is -0.375 e. The van der Waals surface area contributed by atoms with E-state index in [0.29, 0.717) is 25.3 Å². The van der Waals surface area contributed by atoms with E-state index in [1.165, 1.54) is 6.42 Å². The standard InChI is InChI=1S/C29H26N6O2/c1-29(17-30)18-37-16-22-6-4-20(11-25(22)29)28(36)33-13-24-10-23-9-19(3-5-21(23)12-32-24)26-14-31-15-27(34-26)35-7-2-8-35/h3-6,9-12,14-15H,2,7-8,13,16,18H2,1H3,(H,33,36)/t29-/m1/s1. The summed E-state index contributed by atoms with van der Waals surface area (Å²) in [7, 11) is 0. The maximum Gasteiger partial charge on any atom is 0.251 e. The van der Waals surface area contributed by atoms with Crippen LogP contribution in [0.15, 0.2) is 61.1 Å². The van der Waals surface area contributed by atoms with Crippen molar-refractivity contribution in [3.05, 3.63) is 83.4 Å². The number of amides is 1. The fourth-order valence-corrected chi connectivity index (χ4v) is 4.80. The van der Waals surface area contributed by atoms with E-state index in [2.05, 4.69) is 32.3 Å². The van der Waals surface area contributed by atoms with E-state index < -0.39 is 5.41 Å². The zero-order chi connectivity index (χ0) is 25.4. The zero-order valence-corrected chi connectivity index (χ0v) is 20.6. The molecule has 0 saturated carbocycles. The molecule has 2 aliphatic heterocycles. The number of nitrogens with zero attached hydrogens (tertiary/aromatic N) is 5. The van der Waals surface area contributed by atoms with Gasteiger partial charge in [0.25, 0.3) is 5.91 Å². The van der Waals surface area contributed by atoms with Crippen molar-refractivity contribution in [3.8, 4) is 17.3 Å². The first-order valence-electron chi connectivity index (χ1n) is 12.4. The first-order chi connectivity index (χ1) is 18.0. The Morgan fingerprint density at radius 1 is 1.14 bits per heavy atom. The summed E-state index contributed by atoms with van der Waals surface area (Å²) in [6, 6.07) is 15.9. The number of hydrogen-bond donors (Lipinski definition) is 1. The summed E-state index contributed by atoms with van der Waals surface area (Å²) in [5.41, 5.74) is 4.13. The van der Waals surface area contributed by atoms with Gasteiger partial charge in [0, 0.05) is 35.8 Å². The Kier molecular flexibility index (Phi) is 5.78. The number of nitrogens with one attached hydrogen (secondary N) is 1. The van der Waals surface area contributed by atoms with Gasteiger partial charge >= 0.3 is 0 Å². The van der Waals surface area contributed by atoms with Gasteiger partial charge in [-0.1, -0.05) is 18.2 Å². The van der Waals surface area contributed by atoms with Gasteiger partial charge in [-0.25, -0.2) is 4.98 Å². The van der Waals surface area contributed by atoms with Gasteiger partial charge < -0.3 is 15.0 Å². The van der Waals surface area contributed by atoms with Crippen molar-refractivity contribution in [1.29, 1.82) is 5.26 Å². The maximum atomic E-state index is 13.0. The van der Waals surface area contributed by atoms with E-state index in [4.69, 9.17) is 9.72 Å². The zero-order valence-electron chi connectivity index (χ0n) is 20.6. The highest BCUT2D eigenvalue weighted by atomic mass is 16.5. The third kappa shape index (κ3) is 4.39. The molecule has 1 saturated heterocycles. The molecule has 4 aromatic rings. The van der Waals surface area contributed by atoms with Crippen molar-refractivity contribution >= 4 is 22.5 Å². The molecule has 1 N–H and O–H groups in total. The average Bonchev–Trinajstić information content (AvgIpc) is 2.90. The van der Waals surface area contributed by atoms with E-state index in [1.54, 1.807) is 12.3 Å². The summed E-state index contributed by atoms with van der Waals surface area (Å²) in [6.45, 7) is 4.94. The number of ether oxygens (including phenoxy) is 1. The first kappa shape index (κ1) is 23.1. The number of benzene rings is 2. The van der Waals surface area contributed by atoms with Crippen LogP contribution in [-0.2, 0) is 23.3 Å². The molecule has 1 atom stereocenters. The lowest BCUT2D eigenvalue weighted by Gasteiger charge is -2.31. The van der Waals surface area contributed by atoms with Crippen LogP contribution in [0.3, 0.4) is 0 Å². The van der Waals surface area contributed by atoms with Crippen molar-refractivity contribution < 1.29 is 9.53 Å². The number of pyridine rings is 1. The molecule has 2 aliphatic rings. The summed E-state index contributed by atoms with van der Waals surface area (Å²) >= 11 is 0. The molecule has 8 heteroatoms. The molecule has 6 rings (SSSR count). The van der Waals surface area contributed by atoms with Crippen LogP contribution < -0.4 is 10.2 Å². The molecule has 1 amide bonds. The smallest absolute Gasteiger partial charge is 0.251 e. The van der Waals surface area contributed by atoms with E-state index in [0.717, 1.165) is 57.8 Å². The Bertz CT molecular complexity index is 1560. The van der Waals surface area contributed by atoms with Crippen molar-refractivity contribution in [2.45, 2.75) is 31.9 Å². The van der Waals surface area contributed by atoms with Crippen molar-refractivity contribution in [2.24, 2.45) is 0 Å². The number of anilines is 1. The van der Waals surface area contributed by atoms with Crippen molar-refractivity contribution in [1.82, 2.24) is 20.3 Å². The molecule has 8 nitrogen and oxygen atoms in total. The highest BCUT2D eigenvalue weighted by Crippen LogP contribution is 2.32. The Hall–Kier alpha value is -4.35. The van der Waals surface area contributed by atoms with E-state index in [-0.39, 0.29) is 5.91 Å². The van der Waals surface area contributed by atoms with Crippen molar-refractivity contribution in [2.75, 3.05) is 24.6 Å². The van der Waals surface area contributed by atoms with Crippen LogP contribution in [0.1, 0.15) is 40.5 Å². The molecule has 0 aliphatic carbocycles. The van der Waals surface area contributed by atoms with Crippen LogP contribution in [0.4, 0.5) is 5.82 Å². The molecule has 0 bridgehead atoms. The van der Waals surface area contributed by atoms with E-state index >= 15 is 0 Å². The largest absolute Gasteiger partial charge is 0.375 e. The topological polar surface area (TPSA) is 104 Å². The predicted octanol–water partition coefficient (Wildman–Crippen LogP) is 4.14. The van der Waals surface area contributed by atoms with Gasteiger partial charge in [0.05, 0.1) is 49.6 Å². The highest BCUT2D eigenvalue weighted by Gasteiger charge is 2.33. The molecule has 0 radical (unpaired) electrons. The van der Waals surface area contributed by atoms with E-state index in [1.807, 2.05) is 49.6 Å². The average molecular weight is 491 g/mol. The summed E-state index contributed by atoms with van der Waals surface area (Å²) in [5.74, 6) is 0.704. The normalized spacial score (nSPS) is 18.5. The Morgan fingerprint density at radius 2 is 2.03 bits per heavy atom. The molecule has 0 spiro atoms. The molecule has 2 aromatic carbocycles. The SMILES string of the molecule is C[C@@]1(C#N)COCc2ccc(C(=O)NCc3cc4cc(-c5cncc(N6CCC6)n5)ccc4cn3)cc21. The Morgan fingerprint density at radius 3 is 2.84 bits per heavy atom. The lowest BCUT2D eigenvalue weighted by Crippen LogP contribution is -2.37. The van der Waals surface area contributed by atoms with Crippen LogP contribution in [0, 0.1) is 11.3 Å². The molecular formula is C29H26N6O2. The van der Waals surface area contributed by atoms with Gasteiger partial charge in [0.1, 0.15) is 11.2 Å². The van der Waals surface area contributed by atoms with Gasteiger partial charge in [0.2, 0.25) is 0 Å². The van der Waals surface area contributed by atoms with Gasteiger partial charge in [-0.05, 0) is 54.1 Å². The number of aromatic nitrogens is 3. The van der Waals surface area contributed by atoms with E-state index in [9.17, 15) is 10.1 Å². The van der Waals surface area contributed by atoms with Gasteiger partial charge in [-0.2, -0.15) is 5.26 Å². The highest BCUT2D eigenvalue weighted by molar-refractivity contribution is 5.94. The molecule has 2 aromatic heterocycles. The Labute approximate surface area is 215 Å². The Balaban J connectivity index is 1.20. The first-order valence-corrected chi connectivity index (χ1v) is 12.4. The fraction of sp³-hybridized carbons (Fsp3) is 0.276. The van der Waals surface area contributed by atoms with Gasteiger partial charge in [-0.3, -0.25) is 14.8 Å². The molecule has 4 heterocycles. The third-order valence-electron chi connectivity index (χ3n) is 7.17. The van der Waals surface area contributed by atoms with Crippen LogP contribution >= 0.6 is 0 Å². The fourth-order valence-electron chi connectivity index (χ4n) is 4.80. The minimum absolute atomic E-state index is 0.205. The van der Waals surface area contributed by atoms with Gasteiger partial charge in [-0.15, -0.1) is 0 Å². The van der Waals surface area contributed by atoms with Crippen molar-refractivity contribution in [3.63, 3.8) is 0 Å². The lowest BCUT2D eigenvalue weighted by atomic mass is 9.79. The number of carbonyl (C=O) groups excluding carboxylic acids is 1. The van der Waals surface area contributed by atoms with Crippen LogP contribution in [0.2, 0.25) is 0 Å². The monoisotopic (exact) mass is 490 g/mol. The van der Waals surface area contributed by atoms with Crippen LogP contribution in [0.5, 0.6) is 0 Å². The summed E-state index contributed by atoms with van der Waals surface area (Å²) in [4.78, 5) is 28.9. The number of fused-ring (bicyclic) bond motifs is 2. The second kappa shape index (κ2) is 9.26. The number of hydrogen-bond acceptors (Lipinski definition) is 7. The number of nitriles is 1. The number of rotatable bonds is 5. The minimum atomic E-state index is -0.763. The second-order valence-corrected chi connectivity index (χ2v) is 9.83. The number of carbonyl (C=O) groups is 1. The van der Waals surface area contributed by atoms with Crippen LogP contribution in [-0.4, -0.2) is 40.6 Å². The summed E-state index contributed by atoms with van der Waals surface area (Å²) in [6.07, 6.45) is 6.61. The summed E-state index contributed by atoms with van der Waals surface area (Å²) in [5, 5.41) is 14.7. The lowest BCUT2D eigenvalue weighted by molar-refractivity contribution is 0.0757. The molecule has 1 fully saturated rings. The molecular weight excluding hydrogens is 464 g/mol. The van der Waals surface area contributed by atoms with Crippen LogP contribution in [0.25, 0.3) is 22.0 Å². The summed E-state index contributed by atoms with van der Waals surface area (Å²) < 4.78 is 5.56. The second-order valence-electron chi connectivity index (χ2n) is 9.83. The maximum absolute atomic E-state index is 13.0. The molecule has 0 unspecified atom stereocenters. The van der Waals surface area contributed by atoms with Gasteiger partial charge in [0.15, 0.2) is 0 Å².